The van der Waals surface area contributed by atoms with E-state index in [4.69, 9.17) is 5.11 Å². The van der Waals surface area contributed by atoms with Gasteiger partial charge in [0.1, 0.15) is 0 Å². The summed E-state index contributed by atoms with van der Waals surface area (Å²) in [7, 11) is -3.22. The highest BCUT2D eigenvalue weighted by Crippen LogP contribution is 2.20. The third-order valence-corrected chi connectivity index (χ3v) is 3.63. The number of sulfone groups is 1. The summed E-state index contributed by atoms with van der Waals surface area (Å²) < 4.78 is 22.8. The van der Waals surface area contributed by atoms with Gasteiger partial charge < -0.3 is 10.4 Å². The number of carboxylic acids is 1. The average Bonchev–Trinajstić information content (AvgIpc) is 2.24. The third kappa shape index (κ3) is 4.37. The van der Waals surface area contributed by atoms with Crippen LogP contribution in [0.2, 0.25) is 0 Å². The minimum absolute atomic E-state index is 0.0951. The molecule has 1 aromatic carbocycles. The Morgan fingerprint density at radius 1 is 1.39 bits per heavy atom. The number of benzene rings is 1. The van der Waals surface area contributed by atoms with Crippen molar-refractivity contribution in [3.63, 3.8) is 0 Å². The molecule has 0 atom stereocenters. The Kier molecular flexibility index (Phi) is 4.72. The maximum atomic E-state index is 11.4. The zero-order valence-electron chi connectivity index (χ0n) is 10.4. The Labute approximate surface area is 107 Å². The summed E-state index contributed by atoms with van der Waals surface area (Å²) in [4.78, 5) is 10.6. The van der Waals surface area contributed by atoms with Gasteiger partial charge in [0, 0.05) is 24.9 Å². The minimum atomic E-state index is -3.22. The van der Waals surface area contributed by atoms with Gasteiger partial charge in [0.05, 0.1) is 4.90 Å². The van der Waals surface area contributed by atoms with Gasteiger partial charge in [-0.2, -0.15) is 0 Å². The fraction of sp³-hybridized carbons (Fsp3) is 0.417. The van der Waals surface area contributed by atoms with Gasteiger partial charge >= 0.3 is 5.97 Å². The number of nitrogens with one attached hydrogen (secondary N) is 1. The molecule has 0 saturated heterocycles. The van der Waals surface area contributed by atoms with Gasteiger partial charge in [0.25, 0.3) is 0 Å². The molecule has 1 aromatic rings. The van der Waals surface area contributed by atoms with Gasteiger partial charge in [-0.15, -0.1) is 0 Å². The van der Waals surface area contributed by atoms with Gasteiger partial charge in [-0.05, 0) is 31.0 Å². The van der Waals surface area contributed by atoms with Crippen LogP contribution in [-0.4, -0.2) is 32.3 Å². The molecule has 6 heteroatoms. The number of aliphatic carboxylic acids is 1. The van der Waals surface area contributed by atoms with Gasteiger partial charge in [-0.1, -0.05) is 6.07 Å². The van der Waals surface area contributed by atoms with Crippen LogP contribution < -0.4 is 5.32 Å². The van der Waals surface area contributed by atoms with Crippen molar-refractivity contribution >= 4 is 21.5 Å². The zero-order chi connectivity index (χ0) is 13.8. The van der Waals surface area contributed by atoms with Crippen molar-refractivity contribution in [2.24, 2.45) is 0 Å². The second kappa shape index (κ2) is 5.86. The first-order valence-corrected chi connectivity index (χ1v) is 7.46. The minimum Gasteiger partial charge on any atom is -0.481 e. The maximum absolute atomic E-state index is 11.4. The van der Waals surface area contributed by atoms with E-state index in [-0.39, 0.29) is 11.3 Å². The number of carbonyl (C=O) groups is 1. The summed E-state index contributed by atoms with van der Waals surface area (Å²) in [6.07, 6.45) is 1.75. The average molecular weight is 271 g/mol. The monoisotopic (exact) mass is 271 g/mol. The number of aryl methyl sites for hydroxylation is 1. The van der Waals surface area contributed by atoms with E-state index in [1.54, 1.807) is 18.2 Å². The fourth-order valence-corrected chi connectivity index (χ4v) is 2.13. The lowest BCUT2D eigenvalue weighted by Crippen LogP contribution is -2.07. The second-order valence-electron chi connectivity index (χ2n) is 4.17. The van der Waals surface area contributed by atoms with E-state index in [0.717, 1.165) is 17.5 Å². The smallest absolute Gasteiger partial charge is 0.303 e. The normalized spacial score (nSPS) is 11.2. The fourth-order valence-electron chi connectivity index (χ4n) is 1.48. The Morgan fingerprint density at radius 3 is 2.61 bits per heavy atom. The Balaban J connectivity index is 2.73. The van der Waals surface area contributed by atoms with E-state index in [1.807, 2.05) is 6.92 Å². The highest BCUT2D eigenvalue weighted by Gasteiger charge is 2.09. The van der Waals surface area contributed by atoms with Crippen molar-refractivity contribution in [1.29, 1.82) is 0 Å². The van der Waals surface area contributed by atoms with Crippen LogP contribution in [0.5, 0.6) is 0 Å². The third-order valence-electron chi connectivity index (χ3n) is 2.52. The SMILES string of the molecule is Cc1ccc(S(C)(=O)=O)cc1NCCCC(=O)O. The molecule has 0 spiro atoms. The number of rotatable bonds is 6. The van der Waals surface area contributed by atoms with Crippen molar-refractivity contribution < 1.29 is 18.3 Å². The Bertz CT molecular complexity index is 537. The van der Waals surface area contributed by atoms with E-state index >= 15 is 0 Å². The van der Waals surface area contributed by atoms with E-state index in [2.05, 4.69) is 5.32 Å². The second-order valence-corrected chi connectivity index (χ2v) is 6.19. The number of anilines is 1. The molecule has 0 radical (unpaired) electrons. The molecule has 0 heterocycles. The van der Waals surface area contributed by atoms with Gasteiger partial charge in [0.2, 0.25) is 0 Å². The van der Waals surface area contributed by atoms with Crippen LogP contribution in [0.4, 0.5) is 5.69 Å². The van der Waals surface area contributed by atoms with Gasteiger partial charge in [-0.3, -0.25) is 4.79 Å². The summed E-state index contributed by atoms with van der Waals surface area (Å²) in [6.45, 7) is 2.37. The number of carboxylic acid groups (broad SMARTS) is 1. The summed E-state index contributed by atoms with van der Waals surface area (Å²) >= 11 is 0. The first-order valence-electron chi connectivity index (χ1n) is 5.57. The van der Waals surface area contributed by atoms with Gasteiger partial charge in [-0.25, -0.2) is 8.42 Å². The molecule has 0 bridgehead atoms. The van der Waals surface area contributed by atoms with E-state index < -0.39 is 15.8 Å². The Morgan fingerprint density at radius 2 is 2.06 bits per heavy atom. The van der Waals surface area contributed by atoms with Crippen LogP contribution in [0.1, 0.15) is 18.4 Å². The van der Waals surface area contributed by atoms with Crippen LogP contribution in [0, 0.1) is 6.92 Å². The van der Waals surface area contributed by atoms with Crippen LogP contribution in [0.15, 0.2) is 23.1 Å². The standard InChI is InChI=1S/C12H17NO4S/c1-9-5-6-10(18(2,16)17)8-11(9)13-7-3-4-12(14)15/h5-6,8,13H,3-4,7H2,1-2H3,(H,14,15). The molecule has 18 heavy (non-hydrogen) atoms. The molecule has 0 aliphatic carbocycles. The zero-order valence-corrected chi connectivity index (χ0v) is 11.3. The topological polar surface area (TPSA) is 83.5 Å². The summed E-state index contributed by atoms with van der Waals surface area (Å²) in [6, 6.07) is 4.87. The summed E-state index contributed by atoms with van der Waals surface area (Å²) in [5.41, 5.74) is 1.65. The largest absolute Gasteiger partial charge is 0.481 e. The molecule has 0 aliphatic heterocycles. The molecular formula is C12H17NO4S. The van der Waals surface area contributed by atoms with Gasteiger partial charge in [0.15, 0.2) is 9.84 Å². The Hall–Kier alpha value is -1.56. The lowest BCUT2D eigenvalue weighted by molar-refractivity contribution is -0.137. The van der Waals surface area contributed by atoms with Crippen molar-refractivity contribution in [2.45, 2.75) is 24.7 Å². The first-order chi connectivity index (χ1) is 8.30. The van der Waals surface area contributed by atoms with Crippen LogP contribution in [0.25, 0.3) is 0 Å². The van der Waals surface area contributed by atoms with Crippen LogP contribution in [-0.2, 0) is 14.6 Å². The van der Waals surface area contributed by atoms with Crippen LogP contribution in [0.3, 0.4) is 0 Å². The van der Waals surface area contributed by atoms with Crippen molar-refractivity contribution in [3.8, 4) is 0 Å². The van der Waals surface area contributed by atoms with E-state index in [1.165, 1.54) is 0 Å². The molecular weight excluding hydrogens is 254 g/mol. The highest BCUT2D eigenvalue weighted by atomic mass is 32.2. The molecule has 0 saturated carbocycles. The summed E-state index contributed by atoms with van der Waals surface area (Å²) in [5, 5.41) is 11.6. The molecule has 0 unspecified atom stereocenters. The highest BCUT2D eigenvalue weighted by molar-refractivity contribution is 7.90. The molecule has 0 amide bonds. The van der Waals surface area contributed by atoms with Crippen molar-refractivity contribution in [1.82, 2.24) is 0 Å². The molecule has 2 N–H and O–H groups in total. The first kappa shape index (κ1) is 14.5. The summed E-state index contributed by atoms with van der Waals surface area (Å²) in [5.74, 6) is -0.835. The quantitative estimate of drug-likeness (QED) is 0.769. The van der Waals surface area contributed by atoms with Crippen molar-refractivity contribution in [2.75, 3.05) is 18.1 Å². The van der Waals surface area contributed by atoms with Crippen LogP contribution >= 0.6 is 0 Å². The molecule has 1 rings (SSSR count). The lowest BCUT2D eigenvalue weighted by atomic mass is 10.2. The van der Waals surface area contributed by atoms with E-state index in [9.17, 15) is 13.2 Å². The predicted molar refractivity (Wildman–Crippen MR) is 69.6 cm³/mol. The van der Waals surface area contributed by atoms with E-state index in [0.29, 0.717) is 13.0 Å². The lowest BCUT2D eigenvalue weighted by Gasteiger charge is -2.10. The molecule has 0 aromatic heterocycles. The molecule has 100 valence electrons. The van der Waals surface area contributed by atoms with Crippen molar-refractivity contribution in [3.05, 3.63) is 23.8 Å². The molecule has 0 fully saturated rings. The predicted octanol–water partition coefficient (Wildman–Crippen LogP) is 1.68. The molecule has 5 nitrogen and oxygen atoms in total. The number of hydrogen-bond donors (Lipinski definition) is 2. The number of hydrogen-bond acceptors (Lipinski definition) is 4. The maximum Gasteiger partial charge on any atom is 0.303 e. The molecule has 0 aliphatic rings.